The molecule has 1 unspecified atom stereocenters. The van der Waals surface area contributed by atoms with E-state index in [0.29, 0.717) is 6.54 Å². The summed E-state index contributed by atoms with van der Waals surface area (Å²) in [6, 6.07) is 8.76. The zero-order chi connectivity index (χ0) is 13.7. The van der Waals surface area contributed by atoms with Crippen LogP contribution in [0.5, 0.6) is 0 Å². The van der Waals surface area contributed by atoms with Crippen LogP contribution in [0.3, 0.4) is 0 Å². The first-order chi connectivity index (χ1) is 9.28. The van der Waals surface area contributed by atoms with Crippen LogP contribution in [0.1, 0.15) is 45.1 Å². The molecular formula is C17H26N2. The quantitative estimate of drug-likeness (QED) is 0.788. The lowest BCUT2D eigenvalue weighted by Gasteiger charge is -2.16. The minimum absolute atomic E-state index is 0.619. The smallest absolute Gasteiger partial charge is 0.0483 e. The van der Waals surface area contributed by atoms with Crippen molar-refractivity contribution in [1.82, 2.24) is 4.57 Å². The third-order valence-electron chi connectivity index (χ3n) is 4.07. The zero-order valence-electron chi connectivity index (χ0n) is 12.2. The minimum Gasteiger partial charge on any atom is -0.347 e. The fraction of sp³-hybridized carbons (Fsp3) is 0.529. The lowest BCUT2D eigenvalue weighted by molar-refractivity contribution is 0.396. The largest absolute Gasteiger partial charge is 0.347 e. The number of hydrogen-bond donors (Lipinski definition) is 1. The second kappa shape index (κ2) is 6.76. The molecule has 2 N–H and O–H groups in total. The predicted molar refractivity (Wildman–Crippen MR) is 83.1 cm³/mol. The summed E-state index contributed by atoms with van der Waals surface area (Å²) in [6.07, 6.45) is 7.45. The van der Waals surface area contributed by atoms with Gasteiger partial charge in [0.2, 0.25) is 0 Å². The van der Waals surface area contributed by atoms with Crippen molar-refractivity contribution in [2.24, 2.45) is 11.7 Å². The van der Waals surface area contributed by atoms with Crippen LogP contribution in [-0.2, 0) is 13.1 Å². The first kappa shape index (κ1) is 14.1. The van der Waals surface area contributed by atoms with E-state index in [1.807, 2.05) is 0 Å². The lowest BCUT2D eigenvalue weighted by atomic mass is 9.99. The van der Waals surface area contributed by atoms with Gasteiger partial charge in [0.25, 0.3) is 0 Å². The Balaban J connectivity index is 2.19. The van der Waals surface area contributed by atoms with Gasteiger partial charge in [-0.15, -0.1) is 0 Å². The molecule has 2 nitrogen and oxygen atoms in total. The maximum atomic E-state index is 5.74. The number of hydrogen-bond acceptors (Lipinski definition) is 1. The van der Waals surface area contributed by atoms with E-state index in [0.717, 1.165) is 12.5 Å². The molecule has 0 bridgehead atoms. The van der Waals surface area contributed by atoms with Crippen molar-refractivity contribution in [3.05, 3.63) is 36.0 Å². The average Bonchev–Trinajstić information content (AvgIpc) is 2.85. The monoisotopic (exact) mass is 258 g/mol. The Labute approximate surface area is 116 Å². The predicted octanol–water partition coefficient (Wildman–Crippen LogP) is 4.32. The summed E-state index contributed by atoms with van der Waals surface area (Å²) in [4.78, 5) is 0. The third-order valence-corrected chi connectivity index (χ3v) is 4.07. The number of rotatable bonds is 7. The Hall–Kier alpha value is -1.28. The average molecular weight is 258 g/mol. The minimum atomic E-state index is 0.619. The highest BCUT2D eigenvalue weighted by Crippen LogP contribution is 2.22. The van der Waals surface area contributed by atoms with Crippen molar-refractivity contribution in [1.29, 1.82) is 0 Å². The van der Waals surface area contributed by atoms with Gasteiger partial charge < -0.3 is 10.3 Å². The summed E-state index contributed by atoms with van der Waals surface area (Å²) < 4.78 is 2.40. The molecule has 0 aliphatic heterocycles. The van der Waals surface area contributed by atoms with Crippen LogP contribution in [0.2, 0.25) is 0 Å². The van der Waals surface area contributed by atoms with Crippen LogP contribution in [0.15, 0.2) is 30.5 Å². The molecule has 0 spiro atoms. The fourth-order valence-electron chi connectivity index (χ4n) is 2.71. The van der Waals surface area contributed by atoms with E-state index in [-0.39, 0.29) is 0 Å². The van der Waals surface area contributed by atoms with Gasteiger partial charge in [-0.2, -0.15) is 0 Å². The first-order valence-corrected chi connectivity index (χ1v) is 7.56. The van der Waals surface area contributed by atoms with Crippen LogP contribution in [0, 0.1) is 5.92 Å². The standard InChI is InChI=1S/C17H26N2/c1-3-5-6-14(4-2)13-19-10-9-16-8-7-15(12-18)11-17(16)19/h7-11,14H,3-6,12-13,18H2,1-2H3. The third kappa shape index (κ3) is 3.38. The molecule has 2 heteroatoms. The summed E-state index contributed by atoms with van der Waals surface area (Å²) >= 11 is 0. The second-order valence-corrected chi connectivity index (χ2v) is 5.48. The lowest BCUT2D eigenvalue weighted by Crippen LogP contribution is -2.09. The summed E-state index contributed by atoms with van der Waals surface area (Å²) in [5, 5.41) is 1.32. The molecule has 0 aliphatic rings. The Bertz CT molecular complexity index is 513. The van der Waals surface area contributed by atoms with E-state index < -0.39 is 0 Å². The summed E-state index contributed by atoms with van der Waals surface area (Å²) in [5.41, 5.74) is 8.29. The van der Waals surface area contributed by atoms with Crippen LogP contribution >= 0.6 is 0 Å². The first-order valence-electron chi connectivity index (χ1n) is 7.56. The summed E-state index contributed by atoms with van der Waals surface area (Å²) in [6.45, 7) is 6.32. The molecule has 2 aromatic rings. The van der Waals surface area contributed by atoms with E-state index >= 15 is 0 Å². The molecule has 0 amide bonds. The van der Waals surface area contributed by atoms with Crippen molar-refractivity contribution in [2.45, 2.75) is 52.6 Å². The fourth-order valence-corrected chi connectivity index (χ4v) is 2.71. The van der Waals surface area contributed by atoms with Crippen LogP contribution in [0.4, 0.5) is 0 Å². The van der Waals surface area contributed by atoms with Crippen molar-refractivity contribution in [3.8, 4) is 0 Å². The number of fused-ring (bicyclic) bond motifs is 1. The molecule has 0 fully saturated rings. The Kier molecular flexibility index (Phi) is 5.03. The highest BCUT2D eigenvalue weighted by atomic mass is 15.0. The van der Waals surface area contributed by atoms with Gasteiger partial charge in [-0.3, -0.25) is 0 Å². The molecule has 1 heterocycles. The molecule has 1 aromatic carbocycles. The van der Waals surface area contributed by atoms with Gasteiger partial charge in [0, 0.05) is 24.8 Å². The van der Waals surface area contributed by atoms with Crippen molar-refractivity contribution >= 4 is 10.9 Å². The number of aromatic nitrogens is 1. The van der Waals surface area contributed by atoms with Gasteiger partial charge in [-0.05, 0) is 35.4 Å². The van der Waals surface area contributed by atoms with E-state index in [4.69, 9.17) is 5.73 Å². The van der Waals surface area contributed by atoms with Crippen molar-refractivity contribution in [3.63, 3.8) is 0 Å². The molecule has 0 radical (unpaired) electrons. The molecule has 0 saturated carbocycles. The van der Waals surface area contributed by atoms with Gasteiger partial charge in [-0.25, -0.2) is 0 Å². The van der Waals surface area contributed by atoms with Crippen LogP contribution < -0.4 is 5.73 Å². The van der Waals surface area contributed by atoms with Gasteiger partial charge in [0.15, 0.2) is 0 Å². The Morgan fingerprint density at radius 3 is 2.74 bits per heavy atom. The highest BCUT2D eigenvalue weighted by Gasteiger charge is 2.09. The van der Waals surface area contributed by atoms with E-state index in [1.165, 1.54) is 42.1 Å². The molecular weight excluding hydrogens is 232 g/mol. The van der Waals surface area contributed by atoms with Gasteiger partial charge in [0.05, 0.1) is 0 Å². The Morgan fingerprint density at radius 2 is 2.05 bits per heavy atom. The molecule has 104 valence electrons. The molecule has 0 saturated heterocycles. The van der Waals surface area contributed by atoms with E-state index in [1.54, 1.807) is 0 Å². The van der Waals surface area contributed by atoms with Gasteiger partial charge in [-0.1, -0.05) is 45.2 Å². The maximum Gasteiger partial charge on any atom is 0.0483 e. The normalized spacial score (nSPS) is 13.0. The summed E-state index contributed by atoms with van der Waals surface area (Å²) in [5.74, 6) is 0.789. The van der Waals surface area contributed by atoms with E-state index in [9.17, 15) is 0 Å². The van der Waals surface area contributed by atoms with Gasteiger partial charge >= 0.3 is 0 Å². The van der Waals surface area contributed by atoms with Crippen molar-refractivity contribution < 1.29 is 0 Å². The van der Waals surface area contributed by atoms with Crippen LogP contribution in [-0.4, -0.2) is 4.57 Å². The number of benzene rings is 1. The maximum absolute atomic E-state index is 5.74. The number of nitrogens with two attached hydrogens (primary N) is 1. The topological polar surface area (TPSA) is 30.9 Å². The Morgan fingerprint density at radius 1 is 1.21 bits per heavy atom. The highest BCUT2D eigenvalue weighted by molar-refractivity contribution is 5.80. The molecule has 19 heavy (non-hydrogen) atoms. The van der Waals surface area contributed by atoms with Gasteiger partial charge in [0.1, 0.15) is 0 Å². The number of nitrogens with zero attached hydrogens (tertiary/aromatic N) is 1. The van der Waals surface area contributed by atoms with E-state index in [2.05, 4.69) is 48.9 Å². The molecule has 1 aromatic heterocycles. The molecule has 0 aliphatic carbocycles. The molecule has 1 atom stereocenters. The number of unbranched alkanes of at least 4 members (excludes halogenated alkanes) is 1. The van der Waals surface area contributed by atoms with Crippen LogP contribution in [0.25, 0.3) is 10.9 Å². The second-order valence-electron chi connectivity index (χ2n) is 5.48. The van der Waals surface area contributed by atoms with Crippen molar-refractivity contribution in [2.75, 3.05) is 0 Å². The molecule has 2 rings (SSSR count). The SMILES string of the molecule is CCCCC(CC)Cn1ccc2ccc(CN)cc21. The summed E-state index contributed by atoms with van der Waals surface area (Å²) in [7, 11) is 0. The zero-order valence-corrected chi connectivity index (χ0v) is 12.2.